The second-order valence-corrected chi connectivity index (χ2v) is 9.95. The topological polar surface area (TPSA) is 81.7 Å². The quantitative estimate of drug-likeness (QED) is 0.670. The maximum atomic E-state index is 12.5. The first-order chi connectivity index (χ1) is 14.5. The molecule has 4 atom stereocenters. The molecule has 1 saturated carbocycles. The Balaban J connectivity index is 1.35. The standard InChI is InChI=1S/C24H33N3O3/c1-15-21-12-17-4-5-18(28)13-19(17)24(15,9-11-27(21)14-16-2-3-16)8-10-25-23(30)20-6-7-22(29)26-20/h4-5,13,15-16,20-21,28H,2-3,6-12,14H2,1H3,(H,25,30)(H,26,29)/t15-,20-,21+,24-/m0/s1. The average molecular weight is 412 g/mol. The van der Waals surface area contributed by atoms with E-state index in [9.17, 15) is 14.7 Å². The van der Waals surface area contributed by atoms with Crippen LogP contribution in [0.15, 0.2) is 18.2 Å². The zero-order valence-corrected chi connectivity index (χ0v) is 17.8. The molecule has 162 valence electrons. The number of hydrogen-bond donors (Lipinski definition) is 3. The number of carbonyl (C=O) groups excluding carboxylic acids is 2. The Hall–Kier alpha value is -2.08. The van der Waals surface area contributed by atoms with Crippen LogP contribution in [0.1, 0.15) is 56.6 Å². The number of phenolic OH excluding ortho intramolecular Hbond substituents is 1. The van der Waals surface area contributed by atoms with Gasteiger partial charge in [0, 0.05) is 31.0 Å². The minimum Gasteiger partial charge on any atom is -0.508 e. The van der Waals surface area contributed by atoms with Crippen molar-refractivity contribution in [3.63, 3.8) is 0 Å². The van der Waals surface area contributed by atoms with E-state index in [1.54, 1.807) is 0 Å². The van der Waals surface area contributed by atoms with Crippen molar-refractivity contribution in [2.24, 2.45) is 11.8 Å². The van der Waals surface area contributed by atoms with E-state index in [0.29, 0.717) is 37.1 Å². The van der Waals surface area contributed by atoms with E-state index in [2.05, 4.69) is 28.5 Å². The number of benzene rings is 1. The zero-order chi connectivity index (χ0) is 20.9. The van der Waals surface area contributed by atoms with Crippen molar-refractivity contribution < 1.29 is 14.7 Å². The molecule has 3 N–H and O–H groups in total. The Kier molecular flexibility index (Phi) is 5.00. The van der Waals surface area contributed by atoms with Gasteiger partial charge < -0.3 is 15.7 Å². The predicted octanol–water partition coefficient (Wildman–Crippen LogP) is 2.09. The van der Waals surface area contributed by atoms with Gasteiger partial charge in [-0.25, -0.2) is 0 Å². The van der Waals surface area contributed by atoms with Crippen LogP contribution in [0.2, 0.25) is 0 Å². The van der Waals surface area contributed by atoms with E-state index in [-0.39, 0.29) is 23.3 Å². The molecule has 30 heavy (non-hydrogen) atoms. The van der Waals surface area contributed by atoms with Gasteiger partial charge in [0.25, 0.3) is 0 Å². The molecular weight excluding hydrogens is 378 g/mol. The molecule has 1 aromatic rings. The molecule has 5 rings (SSSR count). The van der Waals surface area contributed by atoms with Crippen LogP contribution >= 0.6 is 0 Å². The molecule has 0 radical (unpaired) electrons. The van der Waals surface area contributed by atoms with Crippen LogP contribution in [-0.4, -0.2) is 53.5 Å². The lowest BCUT2D eigenvalue weighted by Crippen LogP contribution is -2.60. The number of piperidine rings is 1. The zero-order valence-electron chi connectivity index (χ0n) is 17.8. The minimum atomic E-state index is -0.386. The average Bonchev–Trinajstić information content (AvgIpc) is 3.43. The monoisotopic (exact) mass is 411 g/mol. The summed E-state index contributed by atoms with van der Waals surface area (Å²) in [5.74, 6) is 1.58. The number of nitrogens with zero attached hydrogens (tertiary/aromatic N) is 1. The first-order valence-corrected chi connectivity index (χ1v) is 11.6. The lowest BCUT2D eigenvalue weighted by molar-refractivity contribution is -0.125. The molecule has 3 fully saturated rings. The fraction of sp³-hybridized carbons (Fsp3) is 0.667. The third-order valence-corrected chi connectivity index (χ3v) is 8.19. The summed E-state index contributed by atoms with van der Waals surface area (Å²) >= 11 is 0. The van der Waals surface area contributed by atoms with Crippen molar-refractivity contribution >= 4 is 11.8 Å². The minimum absolute atomic E-state index is 0.0246. The number of phenols is 1. The van der Waals surface area contributed by atoms with Gasteiger partial charge in [-0.2, -0.15) is 0 Å². The Morgan fingerprint density at radius 1 is 1.33 bits per heavy atom. The van der Waals surface area contributed by atoms with E-state index < -0.39 is 0 Å². The third kappa shape index (κ3) is 3.49. The normalized spacial score (nSPS) is 33.1. The highest BCUT2D eigenvalue weighted by Crippen LogP contribution is 2.52. The highest BCUT2D eigenvalue weighted by atomic mass is 16.3. The summed E-state index contributed by atoms with van der Waals surface area (Å²) in [5, 5.41) is 16.1. The molecule has 2 bridgehead atoms. The SMILES string of the molecule is C[C@H]1[C@H]2Cc3ccc(O)cc3[C@@]1(CCNC(=O)[C@@H]1CCC(=O)N1)CCN2CC1CC1. The number of hydrogen-bond acceptors (Lipinski definition) is 4. The van der Waals surface area contributed by atoms with Crippen LogP contribution in [-0.2, 0) is 21.4 Å². The van der Waals surface area contributed by atoms with Gasteiger partial charge in [-0.1, -0.05) is 13.0 Å². The summed E-state index contributed by atoms with van der Waals surface area (Å²) in [7, 11) is 0. The van der Waals surface area contributed by atoms with Crippen LogP contribution in [0, 0.1) is 11.8 Å². The molecule has 6 nitrogen and oxygen atoms in total. The maximum absolute atomic E-state index is 12.5. The summed E-state index contributed by atoms with van der Waals surface area (Å²) < 4.78 is 0. The molecule has 0 aromatic heterocycles. The highest BCUT2D eigenvalue weighted by molar-refractivity contribution is 5.90. The second kappa shape index (κ2) is 7.56. The van der Waals surface area contributed by atoms with Gasteiger partial charge in [-0.15, -0.1) is 0 Å². The lowest BCUT2D eigenvalue weighted by Gasteiger charge is -2.56. The molecule has 4 aliphatic rings. The van der Waals surface area contributed by atoms with Crippen molar-refractivity contribution in [2.45, 2.75) is 69.4 Å². The third-order valence-electron chi connectivity index (χ3n) is 8.19. The molecule has 2 heterocycles. The highest BCUT2D eigenvalue weighted by Gasteiger charge is 2.51. The van der Waals surface area contributed by atoms with E-state index in [4.69, 9.17) is 0 Å². The summed E-state index contributed by atoms with van der Waals surface area (Å²) in [5.41, 5.74) is 2.61. The number of rotatable bonds is 6. The number of likely N-dealkylation sites (tertiary alicyclic amines) is 1. The molecule has 0 spiro atoms. The summed E-state index contributed by atoms with van der Waals surface area (Å²) in [6.45, 7) is 5.28. The summed E-state index contributed by atoms with van der Waals surface area (Å²) in [6.07, 6.45) is 6.74. The van der Waals surface area contributed by atoms with Crippen LogP contribution in [0.4, 0.5) is 0 Å². The van der Waals surface area contributed by atoms with E-state index in [0.717, 1.165) is 31.7 Å². The van der Waals surface area contributed by atoms with Crippen molar-refractivity contribution in [1.82, 2.24) is 15.5 Å². The molecule has 1 aromatic carbocycles. The number of fused-ring (bicyclic) bond motifs is 4. The van der Waals surface area contributed by atoms with Crippen LogP contribution < -0.4 is 10.6 Å². The predicted molar refractivity (Wildman–Crippen MR) is 114 cm³/mol. The van der Waals surface area contributed by atoms with Gasteiger partial charge in [0.2, 0.25) is 11.8 Å². The fourth-order valence-electron chi connectivity index (χ4n) is 6.23. The largest absolute Gasteiger partial charge is 0.508 e. The molecular formula is C24H33N3O3. The first-order valence-electron chi connectivity index (χ1n) is 11.6. The van der Waals surface area contributed by atoms with Crippen molar-refractivity contribution in [3.8, 4) is 5.75 Å². The van der Waals surface area contributed by atoms with Gasteiger partial charge in [0.1, 0.15) is 11.8 Å². The number of nitrogens with one attached hydrogen (secondary N) is 2. The van der Waals surface area contributed by atoms with Gasteiger partial charge in [0.05, 0.1) is 0 Å². The van der Waals surface area contributed by atoms with Gasteiger partial charge >= 0.3 is 0 Å². The van der Waals surface area contributed by atoms with Gasteiger partial charge in [0.15, 0.2) is 0 Å². The molecule has 6 heteroatoms. The van der Waals surface area contributed by atoms with Gasteiger partial charge in [-0.3, -0.25) is 14.5 Å². The first kappa shape index (κ1) is 19.9. The smallest absolute Gasteiger partial charge is 0.242 e. The van der Waals surface area contributed by atoms with E-state index in [1.807, 2.05) is 12.1 Å². The second-order valence-electron chi connectivity index (χ2n) is 9.95. The molecule has 2 aliphatic carbocycles. The van der Waals surface area contributed by atoms with Crippen molar-refractivity contribution in [3.05, 3.63) is 29.3 Å². The maximum Gasteiger partial charge on any atom is 0.242 e. The Morgan fingerprint density at radius 2 is 2.17 bits per heavy atom. The summed E-state index contributed by atoms with van der Waals surface area (Å²) in [6, 6.07) is 6.03. The molecule has 2 aliphatic heterocycles. The van der Waals surface area contributed by atoms with E-state index >= 15 is 0 Å². The lowest BCUT2D eigenvalue weighted by atomic mass is 9.56. The molecule has 2 saturated heterocycles. The van der Waals surface area contributed by atoms with Crippen LogP contribution in [0.25, 0.3) is 0 Å². The Morgan fingerprint density at radius 3 is 2.90 bits per heavy atom. The summed E-state index contributed by atoms with van der Waals surface area (Å²) in [4.78, 5) is 26.6. The van der Waals surface area contributed by atoms with Crippen molar-refractivity contribution in [2.75, 3.05) is 19.6 Å². The van der Waals surface area contributed by atoms with Crippen LogP contribution in [0.5, 0.6) is 5.75 Å². The Labute approximate surface area is 178 Å². The van der Waals surface area contributed by atoms with E-state index in [1.165, 1.54) is 30.5 Å². The van der Waals surface area contributed by atoms with Crippen molar-refractivity contribution in [1.29, 1.82) is 0 Å². The Bertz CT molecular complexity index is 852. The molecule has 0 unspecified atom stereocenters. The number of aromatic hydroxyl groups is 1. The number of amides is 2. The van der Waals surface area contributed by atoms with Crippen LogP contribution in [0.3, 0.4) is 0 Å². The molecule has 2 amide bonds. The number of carbonyl (C=O) groups is 2. The fourth-order valence-corrected chi connectivity index (χ4v) is 6.23. The van der Waals surface area contributed by atoms with Gasteiger partial charge in [-0.05, 0) is 80.2 Å².